The Hall–Kier alpha value is -0.130. The molecule has 0 bridgehead atoms. The highest BCUT2D eigenvalue weighted by atomic mass is 79.9. The quantitative estimate of drug-likeness (QED) is 0.750. The summed E-state index contributed by atoms with van der Waals surface area (Å²) in [6.45, 7) is 3.63. The highest BCUT2D eigenvalue weighted by molar-refractivity contribution is 9.10. The van der Waals surface area contributed by atoms with Gasteiger partial charge in [-0.3, -0.25) is 4.79 Å². The summed E-state index contributed by atoms with van der Waals surface area (Å²) >= 11 is 3.17. The third-order valence-electron chi connectivity index (χ3n) is 1.70. The number of ether oxygens (including phenoxy) is 2. The van der Waals surface area contributed by atoms with Crippen LogP contribution < -0.4 is 5.32 Å². The fourth-order valence-corrected chi connectivity index (χ4v) is 1.14. The van der Waals surface area contributed by atoms with Crippen LogP contribution in [0.1, 0.15) is 13.3 Å². The second-order valence-electron chi connectivity index (χ2n) is 2.89. The number of halogens is 1. The van der Waals surface area contributed by atoms with Gasteiger partial charge in [0.2, 0.25) is 5.91 Å². The molecule has 5 heteroatoms. The Balaban J connectivity index is 2.13. The number of alkyl halides is 1. The fraction of sp³-hybridized carbons (Fsp3) is 0.875. The molecule has 1 N–H and O–H groups in total. The topological polar surface area (TPSA) is 47.6 Å². The van der Waals surface area contributed by atoms with Gasteiger partial charge in [-0.1, -0.05) is 15.9 Å². The van der Waals surface area contributed by atoms with Gasteiger partial charge in [0.25, 0.3) is 0 Å². The van der Waals surface area contributed by atoms with Crippen molar-refractivity contribution >= 4 is 21.8 Å². The summed E-state index contributed by atoms with van der Waals surface area (Å²) in [4.78, 5) is 10.9. The van der Waals surface area contributed by atoms with Gasteiger partial charge in [-0.2, -0.15) is 0 Å². The van der Waals surface area contributed by atoms with Gasteiger partial charge in [-0.05, 0) is 13.3 Å². The average molecular weight is 252 g/mol. The van der Waals surface area contributed by atoms with Gasteiger partial charge in [-0.25, -0.2) is 0 Å². The molecule has 1 amide bonds. The van der Waals surface area contributed by atoms with E-state index in [0.717, 1.165) is 6.42 Å². The molecule has 13 heavy (non-hydrogen) atoms. The first-order chi connectivity index (χ1) is 6.20. The van der Waals surface area contributed by atoms with Crippen LogP contribution in [-0.2, 0) is 14.3 Å². The van der Waals surface area contributed by atoms with E-state index in [-0.39, 0.29) is 17.0 Å². The van der Waals surface area contributed by atoms with Crippen molar-refractivity contribution in [1.82, 2.24) is 5.32 Å². The predicted octanol–water partition coefficient (Wildman–Crippen LogP) is 0.649. The normalized spacial score (nSPS) is 21.1. The first kappa shape index (κ1) is 10.9. The zero-order chi connectivity index (χ0) is 9.68. The highest BCUT2D eigenvalue weighted by Gasteiger charge is 2.16. The number of hydrogen-bond acceptors (Lipinski definition) is 3. The maximum Gasteiger partial charge on any atom is 0.233 e. The van der Waals surface area contributed by atoms with Crippen molar-refractivity contribution < 1.29 is 14.3 Å². The Labute approximate surface area is 86.1 Å². The molecule has 0 aromatic carbocycles. The van der Waals surface area contributed by atoms with E-state index < -0.39 is 0 Å². The maximum atomic E-state index is 11.1. The van der Waals surface area contributed by atoms with Crippen LogP contribution in [0.4, 0.5) is 0 Å². The SMILES string of the molecule is CC(Br)C(=O)NCC1OCCCO1. The fourth-order valence-electron chi connectivity index (χ4n) is 0.979. The van der Waals surface area contributed by atoms with E-state index in [1.54, 1.807) is 6.92 Å². The van der Waals surface area contributed by atoms with Crippen LogP contribution in [0.15, 0.2) is 0 Å². The number of carbonyl (C=O) groups is 1. The summed E-state index contributed by atoms with van der Waals surface area (Å²) in [5, 5.41) is 2.72. The standard InChI is InChI=1S/C8H14BrNO3/c1-6(9)8(11)10-5-7-12-3-2-4-13-7/h6-7H,2-5H2,1H3,(H,10,11). The third-order valence-corrected chi connectivity index (χ3v) is 2.12. The molecule has 1 aliphatic rings. The predicted molar refractivity (Wildman–Crippen MR) is 51.7 cm³/mol. The zero-order valence-electron chi connectivity index (χ0n) is 7.59. The first-order valence-corrected chi connectivity index (χ1v) is 5.26. The smallest absolute Gasteiger partial charge is 0.233 e. The Bertz CT molecular complexity index is 169. The monoisotopic (exact) mass is 251 g/mol. The van der Waals surface area contributed by atoms with Gasteiger partial charge >= 0.3 is 0 Å². The molecule has 1 aliphatic heterocycles. The maximum absolute atomic E-state index is 11.1. The molecule has 0 aromatic rings. The van der Waals surface area contributed by atoms with E-state index in [1.807, 2.05) is 0 Å². The minimum absolute atomic E-state index is 0.0437. The van der Waals surface area contributed by atoms with Gasteiger partial charge < -0.3 is 14.8 Å². The van der Waals surface area contributed by atoms with Crippen molar-refractivity contribution in [3.05, 3.63) is 0 Å². The largest absolute Gasteiger partial charge is 0.351 e. The number of amides is 1. The molecule has 1 heterocycles. The molecule has 1 rings (SSSR count). The summed E-state index contributed by atoms with van der Waals surface area (Å²) in [6.07, 6.45) is 0.656. The Morgan fingerprint density at radius 1 is 1.62 bits per heavy atom. The molecule has 4 nitrogen and oxygen atoms in total. The molecule has 76 valence electrons. The Kier molecular flexibility index (Phi) is 4.69. The lowest BCUT2D eigenvalue weighted by molar-refractivity contribution is -0.176. The molecular formula is C8H14BrNO3. The Morgan fingerprint density at radius 2 is 2.23 bits per heavy atom. The molecule has 0 aromatic heterocycles. The minimum Gasteiger partial charge on any atom is -0.351 e. The van der Waals surface area contributed by atoms with Gasteiger partial charge in [0.05, 0.1) is 24.6 Å². The lowest BCUT2D eigenvalue weighted by atomic mass is 10.4. The molecule has 1 unspecified atom stereocenters. The van der Waals surface area contributed by atoms with Crippen LogP contribution in [-0.4, -0.2) is 36.8 Å². The molecular weight excluding hydrogens is 238 g/mol. The van der Waals surface area contributed by atoms with Crippen LogP contribution >= 0.6 is 15.9 Å². The van der Waals surface area contributed by atoms with Crippen LogP contribution in [0.25, 0.3) is 0 Å². The molecule has 1 saturated heterocycles. The number of rotatable bonds is 3. The molecule has 0 radical (unpaired) electrons. The van der Waals surface area contributed by atoms with Crippen LogP contribution in [0.3, 0.4) is 0 Å². The van der Waals surface area contributed by atoms with Gasteiger partial charge in [0.15, 0.2) is 6.29 Å². The van der Waals surface area contributed by atoms with E-state index in [1.165, 1.54) is 0 Å². The van der Waals surface area contributed by atoms with E-state index in [4.69, 9.17) is 9.47 Å². The van der Waals surface area contributed by atoms with Crippen molar-refractivity contribution in [3.63, 3.8) is 0 Å². The average Bonchev–Trinajstić information content (AvgIpc) is 2.15. The lowest BCUT2D eigenvalue weighted by Crippen LogP contribution is -2.40. The number of carbonyl (C=O) groups excluding carboxylic acids is 1. The second-order valence-corrected chi connectivity index (χ2v) is 4.26. The van der Waals surface area contributed by atoms with Crippen LogP contribution in [0.2, 0.25) is 0 Å². The first-order valence-electron chi connectivity index (χ1n) is 4.35. The van der Waals surface area contributed by atoms with E-state index >= 15 is 0 Å². The van der Waals surface area contributed by atoms with E-state index in [2.05, 4.69) is 21.2 Å². The third kappa shape index (κ3) is 4.06. The zero-order valence-corrected chi connectivity index (χ0v) is 9.17. The van der Waals surface area contributed by atoms with Crippen molar-refractivity contribution in [3.8, 4) is 0 Å². The molecule has 1 atom stereocenters. The molecule has 1 fully saturated rings. The lowest BCUT2D eigenvalue weighted by Gasteiger charge is -2.23. The van der Waals surface area contributed by atoms with Crippen molar-refractivity contribution in [2.24, 2.45) is 0 Å². The number of hydrogen-bond donors (Lipinski definition) is 1. The second kappa shape index (κ2) is 5.57. The Morgan fingerprint density at radius 3 is 2.77 bits per heavy atom. The van der Waals surface area contributed by atoms with Crippen molar-refractivity contribution in [2.75, 3.05) is 19.8 Å². The molecule has 0 aliphatic carbocycles. The van der Waals surface area contributed by atoms with Gasteiger partial charge in [-0.15, -0.1) is 0 Å². The summed E-state index contributed by atoms with van der Waals surface area (Å²) < 4.78 is 10.5. The summed E-state index contributed by atoms with van der Waals surface area (Å²) in [5.74, 6) is -0.0437. The molecule has 0 spiro atoms. The van der Waals surface area contributed by atoms with Gasteiger partial charge in [0, 0.05) is 0 Å². The minimum atomic E-state index is -0.274. The van der Waals surface area contributed by atoms with Gasteiger partial charge in [0.1, 0.15) is 0 Å². The van der Waals surface area contributed by atoms with Crippen LogP contribution in [0.5, 0.6) is 0 Å². The van der Waals surface area contributed by atoms with E-state index in [0.29, 0.717) is 19.8 Å². The van der Waals surface area contributed by atoms with Crippen molar-refractivity contribution in [2.45, 2.75) is 24.5 Å². The molecule has 0 saturated carbocycles. The van der Waals surface area contributed by atoms with E-state index in [9.17, 15) is 4.79 Å². The van der Waals surface area contributed by atoms with Crippen LogP contribution in [0, 0.1) is 0 Å². The summed E-state index contributed by atoms with van der Waals surface area (Å²) in [7, 11) is 0. The summed E-state index contributed by atoms with van der Waals surface area (Å²) in [5.41, 5.74) is 0. The summed E-state index contributed by atoms with van der Waals surface area (Å²) in [6, 6.07) is 0. The number of nitrogens with one attached hydrogen (secondary N) is 1. The highest BCUT2D eigenvalue weighted by Crippen LogP contribution is 2.03. The van der Waals surface area contributed by atoms with Crippen molar-refractivity contribution in [1.29, 1.82) is 0 Å².